The number of pyridine rings is 1. The number of ether oxygens (including phenoxy) is 4. The minimum atomic E-state index is -0.629. The highest BCUT2D eigenvalue weighted by atomic mass is 19.1. The van der Waals surface area contributed by atoms with Crippen LogP contribution in [0.2, 0.25) is 0 Å². The summed E-state index contributed by atoms with van der Waals surface area (Å²) in [6.07, 6.45) is 10.7. The fourth-order valence-corrected chi connectivity index (χ4v) is 8.36. The second kappa shape index (κ2) is 12.9. The monoisotopic (exact) mass is 706 g/mol. The third kappa shape index (κ3) is 5.95. The summed E-state index contributed by atoms with van der Waals surface area (Å²) in [6.45, 7) is 13.0. The van der Waals surface area contributed by atoms with Gasteiger partial charge in [-0.25, -0.2) is 9.18 Å². The van der Waals surface area contributed by atoms with Crippen molar-refractivity contribution in [2.24, 2.45) is 0 Å². The predicted molar refractivity (Wildman–Crippen MR) is 196 cm³/mol. The van der Waals surface area contributed by atoms with Gasteiger partial charge in [-0.05, 0) is 70.0 Å². The molecule has 8 rings (SSSR count). The number of methoxy groups -OCH3 is 1. The van der Waals surface area contributed by atoms with Crippen LogP contribution in [0.5, 0.6) is 11.8 Å². The van der Waals surface area contributed by atoms with Crippen molar-refractivity contribution < 1.29 is 28.1 Å². The first-order valence-corrected chi connectivity index (χ1v) is 17.8. The summed E-state index contributed by atoms with van der Waals surface area (Å²) in [4.78, 5) is 34.0. The number of carbonyl (C=O) groups excluding carboxylic acids is 1. The van der Waals surface area contributed by atoms with Gasteiger partial charge in [-0.2, -0.15) is 9.97 Å². The lowest BCUT2D eigenvalue weighted by Gasteiger charge is -2.47. The molecule has 270 valence electrons. The number of amides is 1. The van der Waals surface area contributed by atoms with E-state index in [0.717, 1.165) is 44.2 Å². The van der Waals surface area contributed by atoms with E-state index in [1.165, 1.54) is 12.7 Å². The second-order valence-electron chi connectivity index (χ2n) is 15.4. The highest BCUT2D eigenvalue weighted by Crippen LogP contribution is 2.44. The first-order chi connectivity index (χ1) is 25.0. The summed E-state index contributed by atoms with van der Waals surface area (Å²) in [7, 11) is 1.54. The Balaban J connectivity index is 1.23. The maximum atomic E-state index is 17.2. The van der Waals surface area contributed by atoms with E-state index in [1.807, 2.05) is 49.9 Å². The zero-order chi connectivity index (χ0) is 36.4. The van der Waals surface area contributed by atoms with Crippen molar-refractivity contribution in [3.63, 3.8) is 0 Å². The summed E-state index contributed by atoms with van der Waals surface area (Å²) in [5, 5.41) is 1.89. The standard InChI is InChI=1S/C40H43FN6O5/c1-7-25-9-8-10-26-15-29(51-23-49-6)16-30(32(25)26)34-33(41)35-31(18-42-34)36(44-37(43-35)50-22-40-13-14-46(40)19-24(2)17-40)45-20-27-11-12-28(21-45)47(27)38(48)52-39(3,4)5/h1,8-10,15-16,18,27-28H,2,11-14,17,19-23H2,3-6H3/t27-,28+,40?. The summed E-state index contributed by atoms with van der Waals surface area (Å²) < 4.78 is 40.3. The van der Waals surface area contributed by atoms with Gasteiger partial charge >= 0.3 is 12.1 Å². The average Bonchev–Trinajstić information content (AvgIpc) is 3.51. The molecule has 4 aromatic rings. The summed E-state index contributed by atoms with van der Waals surface area (Å²) >= 11 is 0. The minimum Gasteiger partial charge on any atom is -0.468 e. The first-order valence-electron chi connectivity index (χ1n) is 17.8. The predicted octanol–water partition coefficient (Wildman–Crippen LogP) is 6.32. The van der Waals surface area contributed by atoms with Crippen LogP contribution in [0.3, 0.4) is 0 Å². The number of benzene rings is 2. The number of fused-ring (bicyclic) bond motifs is 5. The summed E-state index contributed by atoms with van der Waals surface area (Å²) in [6, 6.07) is 9.05. The fraction of sp³-hybridized carbons (Fsp3) is 0.450. The zero-order valence-corrected chi connectivity index (χ0v) is 30.1. The van der Waals surface area contributed by atoms with Gasteiger partial charge in [-0.1, -0.05) is 30.2 Å². The molecule has 12 heteroatoms. The van der Waals surface area contributed by atoms with Gasteiger partial charge in [0.1, 0.15) is 35.0 Å². The van der Waals surface area contributed by atoms with Crippen molar-refractivity contribution in [3.8, 4) is 35.4 Å². The van der Waals surface area contributed by atoms with E-state index in [2.05, 4.69) is 22.3 Å². The van der Waals surface area contributed by atoms with E-state index in [0.29, 0.717) is 53.2 Å². The number of carbonyl (C=O) groups is 1. The van der Waals surface area contributed by atoms with Crippen LogP contribution in [0, 0.1) is 18.2 Å². The topological polar surface area (TPSA) is 102 Å². The third-order valence-corrected chi connectivity index (χ3v) is 10.7. The number of halogens is 1. The number of nitrogens with zero attached hydrogens (tertiary/aromatic N) is 6. The molecule has 0 saturated carbocycles. The maximum Gasteiger partial charge on any atom is 0.410 e. The van der Waals surface area contributed by atoms with E-state index in [-0.39, 0.29) is 47.7 Å². The smallest absolute Gasteiger partial charge is 0.410 e. The van der Waals surface area contributed by atoms with Crippen LogP contribution in [-0.4, -0.2) is 101 Å². The van der Waals surface area contributed by atoms with Crippen LogP contribution in [0.4, 0.5) is 15.0 Å². The fourth-order valence-electron chi connectivity index (χ4n) is 8.36. The average molecular weight is 707 g/mol. The van der Waals surface area contributed by atoms with Crippen LogP contribution in [0.25, 0.3) is 32.9 Å². The molecule has 6 heterocycles. The third-order valence-electron chi connectivity index (χ3n) is 10.7. The highest BCUT2D eigenvalue weighted by Gasteiger charge is 2.50. The zero-order valence-electron chi connectivity index (χ0n) is 30.1. The molecule has 4 aliphatic rings. The molecule has 0 spiro atoms. The van der Waals surface area contributed by atoms with Crippen molar-refractivity contribution >= 4 is 33.6 Å². The van der Waals surface area contributed by atoms with Gasteiger partial charge in [-0.15, -0.1) is 6.42 Å². The molecule has 1 unspecified atom stereocenters. The lowest BCUT2D eigenvalue weighted by molar-refractivity contribution is -0.0132. The van der Waals surface area contributed by atoms with Crippen LogP contribution in [-0.2, 0) is 9.47 Å². The van der Waals surface area contributed by atoms with E-state index >= 15 is 4.39 Å². The van der Waals surface area contributed by atoms with Crippen LogP contribution >= 0.6 is 0 Å². The van der Waals surface area contributed by atoms with Crippen molar-refractivity contribution in [2.45, 2.75) is 69.7 Å². The molecular formula is C40H43FN6O5. The van der Waals surface area contributed by atoms with E-state index in [9.17, 15) is 4.79 Å². The minimum absolute atomic E-state index is 0.0140. The Morgan fingerprint density at radius 2 is 1.94 bits per heavy atom. The number of anilines is 1. The largest absolute Gasteiger partial charge is 0.468 e. The van der Waals surface area contributed by atoms with Crippen LogP contribution < -0.4 is 14.4 Å². The molecule has 2 aromatic carbocycles. The number of piperazine rings is 1. The van der Waals surface area contributed by atoms with Gasteiger partial charge in [0.25, 0.3) is 0 Å². The molecule has 3 atom stereocenters. The number of terminal acetylenes is 1. The SMILES string of the molecule is C#Cc1cccc2cc(OCOC)cc(-c3ncc4c(N5C[C@H]6CC[C@@H](C5)N6C(=O)OC(C)(C)C)nc(OCC56CCN5CC(=C)C6)nc4c3F)c12. The quantitative estimate of drug-likeness (QED) is 0.118. The number of hydrogen-bond donors (Lipinski definition) is 0. The number of hydrogen-bond acceptors (Lipinski definition) is 10. The maximum absolute atomic E-state index is 17.2. The van der Waals surface area contributed by atoms with Gasteiger partial charge in [0, 0.05) is 56.0 Å². The summed E-state index contributed by atoms with van der Waals surface area (Å²) in [5.74, 6) is 3.11. The van der Waals surface area contributed by atoms with Crippen LogP contribution in [0.15, 0.2) is 48.7 Å². The van der Waals surface area contributed by atoms with Gasteiger partial charge < -0.3 is 23.8 Å². The molecule has 0 N–H and O–H groups in total. The van der Waals surface area contributed by atoms with Gasteiger partial charge in [0.2, 0.25) is 0 Å². The van der Waals surface area contributed by atoms with Crippen molar-refractivity contribution in [1.82, 2.24) is 24.8 Å². The Bertz CT molecular complexity index is 2130. The lowest BCUT2D eigenvalue weighted by atomic mass is 9.85. The van der Waals surface area contributed by atoms with E-state index < -0.39 is 11.4 Å². The Kier molecular flexibility index (Phi) is 8.46. The molecule has 4 fully saturated rings. The molecule has 0 radical (unpaired) electrons. The Morgan fingerprint density at radius 1 is 1.15 bits per heavy atom. The van der Waals surface area contributed by atoms with Crippen molar-refractivity contribution in [2.75, 3.05) is 51.6 Å². The molecule has 4 saturated heterocycles. The molecule has 52 heavy (non-hydrogen) atoms. The molecule has 0 aliphatic carbocycles. The highest BCUT2D eigenvalue weighted by molar-refractivity contribution is 6.03. The Labute approximate surface area is 302 Å². The molecule has 4 aliphatic heterocycles. The molecule has 11 nitrogen and oxygen atoms in total. The van der Waals surface area contributed by atoms with Gasteiger partial charge in [0.05, 0.1) is 23.0 Å². The van der Waals surface area contributed by atoms with Crippen molar-refractivity contribution in [3.05, 3.63) is 60.1 Å². The molecule has 2 bridgehead atoms. The number of aromatic nitrogens is 3. The normalized spacial score (nSPS) is 22.7. The van der Waals surface area contributed by atoms with Crippen molar-refractivity contribution in [1.29, 1.82) is 0 Å². The van der Waals surface area contributed by atoms with Gasteiger partial charge in [0.15, 0.2) is 12.6 Å². The van der Waals surface area contributed by atoms with Crippen LogP contribution in [0.1, 0.15) is 52.0 Å². The first kappa shape index (κ1) is 34.1. The van der Waals surface area contributed by atoms with E-state index in [4.69, 9.17) is 40.3 Å². The molecular weight excluding hydrogens is 663 g/mol. The Morgan fingerprint density at radius 3 is 2.62 bits per heavy atom. The van der Waals surface area contributed by atoms with E-state index in [1.54, 1.807) is 12.3 Å². The Hall–Kier alpha value is -4.99. The summed E-state index contributed by atoms with van der Waals surface area (Å²) in [5.41, 5.74) is 1.65. The number of rotatable bonds is 8. The van der Waals surface area contributed by atoms with Gasteiger partial charge in [-0.3, -0.25) is 14.8 Å². The lowest BCUT2D eigenvalue weighted by Crippen LogP contribution is -2.59. The molecule has 2 aromatic heterocycles. The molecule has 1 amide bonds. The second-order valence-corrected chi connectivity index (χ2v) is 15.4.